The summed E-state index contributed by atoms with van der Waals surface area (Å²) in [6, 6.07) is 10.7. The summed E-state index contributed by atoms with van der Waals surface area (Å²) in [6.07, 6.45) is -2.17. The summed E-state index contributed by atoms with van der Waals surface area (Å²) >= 11 is 0.883. The number of carbonyl (C=O) groups excluding carboxylic acids is 3. The first-order valence-electron chi connectivity index (χ1n) is 9.89. The predicted octanol–water partition coefficient (Wildman–Crippen LogP) is 4.45. The minimum Gasteiger partial charge on any atom is -0.443 e. The van der Waals surface area contributed by atoms with Crippen LogP contribution in [0.4, 0.5) is 9.59 Å². The number of hydrazine groups is 1. The molecule has 0 bridgehead atoms. The largest absolute Gasteiger partial charge is 0.443 e. The number of ether oxygens (including phenoxy) is 2. The van der Waals surface area contributed by atoms with Gasteiger partial charge in [0.1, 0.15) is 17.3 Å². The molecule has 1 aromatic rings. The van der Waals surface area contributed by atoms with Crippen molar-refractivity contribution in [2.24, 2.45) is 0 Å². The molecular formula is C22H31N3O5S. The Balaban J connectivity index is 3.53. The van der Waals surface area contributed by atoms with E-state index in [0.717, 1.165) is 11.8 Å². The van der Waals surface area contributed by atoms with Crippen LogP contribution in [-0.2, 0) is 20.7 Å². The maximum atomic E-state index is 13.2. The molecule has 1 rings (SSSR count). The maximum Gasteiger partial charge on any atom is 0.431 e. The molecule has 0 heterocycles. The van der Waals surface area contributed by atoms with E-state index >= 15 is 0 Å². The Labute approximate surface area is 188 Å². The van der Waals surface area contributed by atoms with Crippen LogP contribution in [0, 0.1) is 11.3 Å². The third kappa shape index (κ3) is 8.13. The van der Waals surface area contributed by atoms with E-state index in [2.05, 4.69) is 5.43 Å². The second-order valence-corrected chi connectivity index (χ2v) is 10.0. The van der Waals surface area contributed by atoms with Crippen LogP contribution in [0.3, 0.4) is 0 Å². The number of thioether (sulfide) groups is 1. The fraction of sp³-hybridized carbons (Fsp3) is 0.545. The molecule has 0 radical (unpaired) electrons. The van der Waals surface area contributed by atoms with E-state index < -0.39 is 34.0 Å². The Morgan fingerprint density at radius 2 is 1.58 bits per heavy atom. The van der Waals surface area contributed by atoms with Crippen molar-refractivity contribution >= 4 is 29.1 Å². The van der Waals surface area contributed by atoms with Gasteiger partial charge in [0.2, 0.25) is 10.7 Å². The Hall–Kier alpha value is -2.73. The minimum absolute atomic E-state index is 0.148. The van der Waals surface area contributed by atoms with Gasteiger partial charge >= 0.3 is 12.2 Å². The van der Waals surface area contributed by atoms with E-state index in [4.69, 9.17) is 9.47 Å². The van der Waals surface area contributed by atoms with Crippen LogP contribution in [0.15, 0.2) is 30.3 Å². The monoisotopic (exact) mass is 449 g/mol. The molecule has 1 atom stereocenters. The summed E-state index contributed by atoms with van der Waals surface area (Å²) in [5.74, 6) is 0.381. The highest BCUT2D eigenvalue weighted by molar-refractivity contribution is 8.13. The quantitative estimate of drug-likeness (QED) is 0.662. The molecule has 170 valence electrons. The predicted molar refractivity (Wildman–Crippen MR) is 119 cm³/mol. The standard InChI is InChI=1S/C22H31N3O5S/c1-8-31-17(26)22(15-23,14-16-12-10-9-11-13-16)25(19(28)30-21(5,6)7)24-18(27)29-20(2,3)4/h9-13H,8,14H2,1-7H3,(H,24,27). The van der Waals surface area contributed by atoms with Gasteiger partial charge in [0.05, 0.1) is 0 Å². The summed E-state index contributed by atoms with van der Waals surface area (Å²) in [6.45, 7) is 11.7. The minimum atomic E-state index is -2.05. The van der Waals surface area contributed by atoms with Gasteiger partial charge in [-0.05, 0) is 52.9 Å². The molecule has 9 heteroatoms. The lowest BCUT2D eigenvalue weighted by Crippen LogP contribution is -2.64. The first kappa shape index (κ1) is 26.3. The van der Waals surface area contributed by atoms with E-state index in [1.165, 1.54) is 0 Å². The fourth-order valence-electron chi connectivity index (χ4n) is 2.52. The second-order valence-electron chi connectivity index (χ2n) is 8.78. The molecule has 1 N–H and O–H groups in total. The van der Waals surface area contributed by atoms with Crippen molar-refractivity contribution < 1.29 is 23.9 Å². The first-order valence-corrected chi connectivity index (χ1v) is 10.9. The van der Waals surface area contributed by atoms with Crippen LogP contribution in [-0.4, -0.2) is 44.8 Å². The third-order valence-electron chi connectivity index (χ3n) is 3.66. The van der Waals surface area contributed by atoms with E-state index in [-0.39, 0.29) is 6.42 Å². The molecule has 0 aliphatic heterocycles. The molecule has 0 aromatic heterocycles. The summed E-state index contributed by atoms with van der Waals surface area (Å²) in [7, 11) is 0. The first-order chi connectivity index (χ1) is 14.2. The summed E-state index contributed by atoms with van der Waals surface area (Å²) in [4.78, 5) is 38.8. The Morgan fingerprint density at radius 1 is 1.03 bits per heavy atom. The van der Waals surface area contributed by atoms with Crippen molar-refractivity contribution in [3.05, 3.63) is 35.9 Å². The Kier molecular flexibility index (Phi) is 8.94. The molecule has 1 aromatic carbocycles. The zero-order chi connectivity index (χ0) is 23.9. The summed E-state index contributed by atoms with van der Waals surface area (Å²) in [5, 5.41) is 10.2. The van der Waals surface area contributed by atoms with Gasteiger partial charge in [-0.15, -0.1) is 0 Å². The summed E-state index contributed by atoms with van der Waals surface area (Å²) < 4.78 is 10.7. The van der Waals surface area contributed by atoms with Gasteiger partial charge in [-0.3, -0.25) is 4.79 Å². The zero-order valence-corrected chi connectivity index (χ0v) is 20.0. The molecule has 0 fully saturated rings. The number of nitrogens with one attached hydrogen (secondary N) is 1. The lowest BCUT2D eigenvalue weighted by Gasteiger charge is -2.37. The Morgan fingerprint density at radius 3 is 2.03 bits per heavy atom. The van der Waals surface area contributed by atoms with Gasteiger partial charge < -0.3 is 9.47 Å². The van der Waals surface area contributed by atoms with Crippen LogP contribution in [0.2, 0.25) is 0 Å². The van der Waals surface area contributed by atoms with E-state index in [0.29, 0.717) is 16.3 Å². The SMILES string of the molecule is CCSC(=O)C(C#N)(Cc1ccccc1)N(NC(=O)OC(C)(C)C)C(=O)OC(C)(C)C. The highest BCUT2D eigenvalue weighted by Crippen LogP contribution is 2.28. The topological polar surface area (TPSA) is 109 Å². The number of carbonyl (C=O) groups is 3. The molecule has 0 saturated heterocycles. The van der Waals surface area contributed by atoms with Gasteiger partial charge in [-0.2, -0.15) is 10.3 Å². The average molecular weight is 450 g/mol. The van der Waals surface area contributed by atoms with E-state index in [1.54, 1.807) is 78.8 Å². The van der Waals surface area contributed by atoms with Crippen LogP contribution >= 0.6 is 11.8 Å². The molecule has 0 aliphatic carbocycles. The van der Waals surface area contributed by atoms with Crippen LogP contribution in [0.25, 0.3) is 0 Å². The lowest BCUT2D eigenvalue weighted by atomic mass is 9.92. The van der Waals surface area contributed by atoms with Crippen LogP contribution < -0.4 is 5.43 Å². The van der Waals surface area contributed by atoms with Gasteiger partial charge in [0.15, 0.2) is 0 Å². The van der Waals surface area contributed by atoms with Crippen molar-refractivity contribution in [3.8, 4) is 6.07 Å². The smallest absolute Gasteiger partial charge is 0.431 e. The molecule has 0 spiro atoms. The lowest BCUT2D eigenvalue weighted by molar-refractivity contribution is -0.120. The molecule has 31 heavy (non-hydrogen) atoms. The molecule has 2 amide bonds. The van der Waals surface area contributed by atoms with E-state index in [9.17, 15) is 19.6 Å². The number of rotatable bonds is 5. The highest BCUT2D eigenvalue weighted by Gasteiger charge is 2.50. The highest BCUT2D eigenvalue weighted by atomic mass is 32.2. The third-order valence-corrected chi connectivity index (χ3v) is 4.55. The number of benzene rings is 1. The molecule has 0 aliphatic rings. The number of amides is 2. The maximum absolute atomic E-state index is 13.2. The molecule has 8 nitrogen and oxygen atoms in total. The number of hydrogen-bond acceptors (Lipinski definition) is 7. The van der Waals surface area contributed by atoms with Gasteiger partial charge in [-0.1, -0.05) is 49.0 Å². The van der Waals surface area contributed by atoms with Crippen molar-refractivity contribution in [1.82, 2.24) is 10.4 Å². The number of nitrogens with zero attached hydrogens (tertiary/aromatic N) is 2. The molecule has 0 saturated carbocycles. The molecule has 1 unspecified atom stereocenters. The fourth-order valence-corrected chi connectivity index (χ4v) is 3.23. The zero-order valence-electron chi connectivity index (χ0n) is 19.1. The molecular weight excluding hydrogens is 418 g/mol. The Bertz CT molecular complexity index is 824. The van der Waals surface area contributed by atoms with Gasteiger partial charge in [0.25, 0.3) is 0 Å². The normalized spacial score (nSPS) is 13.4. The van der Waals surface area contributed by atoms with Crippen LogP contribution in [0.1, 0.15) is 54.0 Å². The second kappa shape index (κ2) is 10.5. The summed E-state index contributed by atoms with van der Waals surface area (Å²) in [5.41, 5.74) is -0.924. The van der Waals surface area contributed by atoms with E-state index in [1.807, 2.05) is 6.07 Å². The number of hydrogen-bond donors (Lipinski definition) is 1. The van der Waals surface area contributed by atoms with Gasteiger partial charge in [0, 0.05) is 6.42 Å². The van der Waals surface area contributed by atoms with Crippen molar-refractivity contribution in [3.63, 3.8) is 0 Å². The van der Waals surface area contributed by atoms with Crippen molar-refractivity contribution in [2.45, 2.75) is 71.6 Å². The van der Waals surface area contributed by atoms with Crippen LogP contribution in [0.5, 0.6) is 0 Å². The van der Waals surface area contributed by atoms with Gasteiger partial charge in [-0.25, -0.2) is 15.0 Å². The van der Waals surface area contributed by atoms with Crippen molar-refractivity contribution in [1.29, 1.82) is 5.26 Å². The number of nitriles is 1. The van der Waals surface area contributed by atoms with Crippen molar-refractivity contribution in [2.75, 3.05) is 5.75 Å². The average Bonchev–Trinajstić information content (AvgIpc) is 2.62.